The van der Waals surface area contributed by atoms with E-state index in [4.69, 9.17) is 23.7 Å². The first-order chi connectivity index (χ1) is 15.5. The molecule has 164 valence electrons. The van der Waals surface area contributed by atoms with Crippen molar-refractivity contribution in [1.82, 2.24) is 0 Å². The van der Waals surface area contributed by atoms with E-state index < -0.39 is 5.97 Å². The van der Waals surface area contributed by atoms with Crippen molar-refractivity contribution in [3.8, 4) is 28.7 Å². The number of benzene rings is 2. The zero-order chi connectivity index (χ0) is 22.8. The van der Waals surface area contributed by atoms with Crippen molar-refractivity contribution in [3.05, 3.63) is 69.1 Å². The molecular weight excluding hydrogens is 432 g/mol. The average molecular weight is 452 g/mol. The molecule has 0 saturated carbocycles. The lowest BCUT2D eigenvalue weighted by Gasteiger charge is -2.13. The van der Waals surface area contributed by atoms with Crippen molar-refractivity contribution >= 4 is 29.2 Å². The van der Waals surface area contributed by atoms with Crippen LogP contribution in [0.15, 0.2) is 47.5 Å². The van der Waals surface area contributed by atoms with Crippen LogP contribution in [0.2, 0.25) is 0 Å². The van der Waals surface area contributed by atoms with Crippen molar-refractivity contribution in [2.75, 3.05) is 21.3 Å². The Morgan fingerprint density at radius 2 is 1.72 bits per heavy atom. The minimum atomic E-state index is -0.458. The van der Waals surface area contributed by atoms with E-state index in [1.165, 1.54) is 32.7 Å². The molecule has 1 aliphatic rings. The van der Waals surface area contributed by atoms with Gasteiger partial charge in [-0.2, -0.15) is 0 Å². The van der Waals surface area contributed by atoms with Gasteiger partial charge in [-0.05, 0) is 54.3 Å². The maximum atomic E-state index is 12.9. The zero-order valence-corrected chi connectivity index (χ0v) is 18.7. The van der Waals surface area contributed by atoms with Crippen molar-refractivity contribution in [1.29, 1.82) is 0 Å². The summed E-state index contributed by atoms with van der Waals surface area (Å²) < 4.78 is 27.5. The van der Waals surface area contributed by atoms with Crippen LogP contribution in [-0.2, 0) is 0 Å². The molecule has 7 nitrogen and oxygen atoms in total. The van der Waals surface area contributed by atoms with E-state index in [0.717, 1.165) is 0 Å². The highest BCUT2D eigenvalue weighted by atomic mass is 32.1. The summed E-state index contributed by atoms with van der Waals surface area (Å²) in [6, 6.07) is 10.1. The lowest BCUT2D eigenvalue weighted by Crippen LogP contribution is -2.07. The van der Waals surface area contributed by atoms with E-state index in [1.54, 1.807) is 54.8 Å². The van der Waals surface area contributed by atoms with Crippen molar-refractivity contribution in [3.63, 3.8) is 0 Å². The Hall–Kier alpha value is -3.78. The maximum absolute atomic E-state index is 12.9. The second-order valence-corrected chi connectivity index (χ2v) is 7.78. The topological polar surface area (TPSA) is 80.3 Å². The van der Waals surface area contributed by atoms with E-state index >= 15 is 0 Å². The molecule has 0 fully saturated rings. The number of hydrogen-bond donors (Lipinski definition) is 0. The number of ether oxygens (including phenoxy) is 5. The molecule has 0 radical (unpaired) electrons. The predicted molar refractivity (Wildman–Crippen MR) is 119 cm³/mol. The molecule has 0 spiro atoms. The summed E-state index contributed by atoms with van der Waals surface area (Å²) in [5, 5.41) is 1.80. The molecule has 0 bridgehead atoms. The first-order valence-corrected chi connectivity index (χ1v) is 10.5. The third kappa shape index (κ3) is 3.80. The molecule has 2 aromatic carbocycles. The van der Waals surface area contributed by atoms with Gasteiger partial charge in [0.05, 0.1) is 26.9 Å². The van der Waals surface area contributed by atoms with E-state index in [-0.39, 0.29) is 11.5 Å². The first-order valence-electron chi connectivity index (χ1n) is 9.60. The Morgan fingerprint density at radius 3 is 2.31 bits per heavy atom. The fraction of sp³-hybridized carbons (Fsp3) is 0.167. The molecule has 2 heterocycles. The van der Waals surface area contributed by atoms with Gasteiger partial charge in [0, 0.05) is 5.56 Å². The summed E-state index contributed by atoms with van der Waals surface area (Å²) in [6.45, 7) is 1.74. The van der Waals surface area contributed by atoms with Crippen LogP contribution in [0.4, 0.5) is 0 Å². The van der Waals surface area contributed by atoms with Crippen LogP contribution in [-0.4, -0.2) is 33.1 Å². The van der Waals surface area contributed by atoms with Crippen LogP contribution < -0.4 is 23.7 Å². The van der Waals surface area contributed by atoms with Crippen LogP contribution >= 0.6 is 11.3 Å². The summed E-state index contributed by atoms with van der Waals surface area (Å²) in [4.78, 5) is 25.7. The predicted octanol–water partition coefficient (Wildman–Crippen LogP) is 4.92. The number of ketones is 1. The number of methoxy groups -OCH3 is 3. The van der Waals surface area contributed by atoms with Gasteiger partial charge in [-0.1, -0.05) is 6.07 Å². The second-order valence-electron chi connectivity index (χ2n) is 6.83. The van der Waals surface area contributed by atoms with Gasteiger partial charge in [0.25, 0.3) is 0 Å². The Morgan fingerprint density at radius 1 is 1.00 bits per heavy atom. The van der Waals surface area contributed by atoms with Crippen LogP contribution in [0, 0.1) is 6.92 Å². The number of Topliss-reactive ketones (excluding diaryl/α,β-unsaturated/α-hetero) is 1. The lowest BCUT2D eigenvalue weighted by atomic mass is 10.1. The van der Waals surface area contributed by atoms with Crippen LogP contribution in [0.25, 0.3) is 6.08 Å². The summed E-state index contributed by atoms with van der Waals surface area (Å²) in [5.74, 6) is 1.48. The second kappa shape index (κ2) is 8.76. The highest BCUT2D eigenvalue weighted by Gasteiger charge is 2.31. The number of hydrogen-bond acceptors (Lipinski definition) is 8. The molecule has 1 aliphatic heterocycles. The first kappa shape index (κ1) is 21.5. The Balaban J connectivity index is 1.65. The smallest absolute Gasteiger partial charge is 0.353 e. The standard InChI is InChI=1S/C24H20O7S/c1-13-16(31-24(26)20-6-5-9-32-20)8-7-15-21(25)17(30-22(13)15)10-14-11-18(27-2)23(29-4)19(12-14)28-3/h5-12H,1-4H3/b17-10-. The fourth-order valence-electron chi connectivity index (χ4n) is 3.36. The highest BCUT2D eigenvalue weighted by molar-refractivity contribution is 7.12. The van der Waals surface area contributed by atoms with Gasteiger partial charge in [0.15, 0.2) is 17.3 Å². The van der Waals surface area contributed by atoms with Crippen LogP contribution in [0.1, 0.15) is 31.2 Å². The number of fused-ring (bicyclic) bond motifs is 1. The number of carbonyl (C=O) groups excluding carboxylic acids is 2. The van der Waals surface area contributed by atoms with Gasteiger partial charge in [-0.25, -0.2) is 4.79 Å². The molecule has 0 N–H and O–H groups in total. The quantitative estimate of drug-likeness (QED) is 0.298. The Labute approximate surface area is 188 Å². The highest BCUT2D eigenvalue weighted by Crippen LogP contribution is 2.42. The molecule has 0 unspecified atom stereocenters. The van der Waals surface area contributed by atoms with E-state index in [0.29, 0.717) is 50.3 Å². The van der Waals surface area contributed by atoms with Crippen molar-refractivity contribution in [2.45, 2.75) is 6.92 Å². The molecule has 0 amide bonds. The molecule has 3 aromatic rings. The van der Waals surface area contributed by atoms with Crippen molar-refractivity contribution in [2.24, 2.45) is 0 Å². The lowest BCUT2D eigenvalue weighted by molar-refractivity contribution is 0.0738. The number of allylic oxidation sites excluding steroid dienone is 1. The van der Waals surface area contributed by atoms with Crippen molar-refractivity contribution < 1.29 is 33.3 Å². The summed E-state index contributed by atoms with van der Waals surface area (Å²) in [6.07, 6.45) is 1.60. The van der Waals surface area contributed by atoms with Gasteiger partial charge in [-0.15, -0.1) is 11.3 Å². The summed E-state index contributed by atoms with van der Waals surface area (Å²) >= 11 is 1.29. The summed E-state index contributed by atoms with van der Waals surface area (Å²) in [5.41, 5.74) is 1.60. The molecule has 1 aromatic heterocycles. The number of esters is 1. The van der Waals surface area contributed by atoms with Crippen LogP contribution in [0.5, 0.6) is 28.7 Å². The molecule has 0 saturated heterocycles. The molecule has 0 atom stereocenters. The van der Waals surface area contributed by atoms with Gasteiger partial charge < -0.3 is 23.7 Å². The Kier molecular flexibility index (Phi) is 5.87. The SMILES string of the molecule is COc1cc(/C=C2\Oc3c(ccc(OC(=O)c4cccs4)c3C)C2=O)cc(OC)c1OC. The average Bonchev–Trinajstić information content (AvgIpc) is 3.44. The van der Waals surface area contributed by atoms with Gasteiger partial charge in [0.1, 0.15) is 16.4 Å². The van der Waals surface area contributed by atoms with E-state index in [9.17, 15) is 9.59 Å². The molecular formula is C24H20O7S. The van der Waals surface area contributed by atoms with Gasteiger partial charge in [-0.3, -0.25) is 4.79 Å². The molecule has 32 heavy (non-hydrogen) atoms. The Bertz CT molecular complexity index is 1200. The summed E-state index contributed by atoms with van der Waals surface area (Å²) in [7, 11) is 4.55. The normalized spacial score (nSPS) is 13.5. The van der Waals surface area contributed by atoms with Gasteiger partial charge in [0.2, 0.25) is 11.5 Å². The number of rotatable bonds is 6. The molecule has 8 heteroatoms. The minimum absolute atomic E-state index is 0.138. The maximum Gasteiger partial charge on any atom is 0.353 e. The number of carbonyl (C=O) groups is 2. The monoisotopic (exact) mass is 452 g/mol. The largest absolute Gasteiger partial charge is 0.493 e. The minimum Gasteiger partial charge on any atom is -0.493 e. The van der Waals surface area contributed by atoms with Gasteiger partial charge >= 0.3 is 5.97 Å². The third-order valence-corrected chi connectivity index (χ3v) is 5.80. The fourth-order valence-corrected chi connectivity index (χ4v) is 3.96. The molecule has 4 rings (SSSR count). The molecule has 0 aliphatic carbocycles. The number of thiophene rings is 1. The van der Waals surface area contributed by atoms with E-state index in [2.05, 4.69) is 0 Å². The third-order valence-electron chi connectivity index (χ3n) is 4.95. The van der Waals surface area contributed by atoms with E-state index in [1.807, 2.05) is 0 Å². The van der Waals surface area contributed by atoms with Crippen LogP contribution in [0.3, 0.4) is 0 Å². The zero-order valence-electron chi connectivity index (χ0n) is 17.9.